The normalized spacial score (nSPS) is 10.5. The summed E-state index contributed by atoms with van der Waals surface area (Å²) in [6.07, 6.45) is 1.81. The summed E-state index contributed by atoms with van der Waals surface area (Å²) < 4.78 is 14.9. The molecule has 0 radical (unpaired) electrons. The average molecular weight is 309 g/mol. The third kappa shape index (κ3) is 3.45. The molecule has 3 aromatic rings. The SMILES string of the molecule is Cc1cnn(-c2ccccc2)c1NC(=O)Cc1cccc(F)c1. The first kappa shape index (κ1) is 15.0. The van der Waals surface area contributed by atoms with E-state index in [9.17, 15) is 9.18 Å². The van der Waals surface area contributed by atoms with Gasteiger partial charge >= 0.3 is 0 Å². The van der Waals surface area contributed by atoms with Crippen LogP contribution in [0.2, 0.25) is 0 Å². The van der Waals surface area contributed by atoms with Crippen molar-refractivity contribution in [2.24, 2.45) is 0 Å². The molecule has 1 N–H and O–H groups in total. The molecule has 0 aliphatic rings. The van der Waals surface area contributed by atoms with E-state index in [1.165, 1.54) is 12.1 Å². The van der Waals surface area contributed by atoms with Gasteiger partial charge < -0.3 is 5.32 Å². The van der Waals surface area contributed by atoms with E-state index in [2.05, 4.69) is 10.4 Å². The Morgan fingerprint density at radius 2 is 1.96 bits per heavy atom. The number of halogens is 1. The standard InChI is InChI=1S/C18H16FN3O/c1-13-12-20-22(16-8-3-2-4-9-16)18(13)21-17(23)11-14-6-5-7-15(19)10-14/h2-10,12H,11H2,1H3,(H,21,23). The van der Waals surface area contributed by atoms with Gasteiger partial charge in [0.05, 0.1) is 18.3 Å². The summed E-state index contributed by atoms with van der Waals surface area (Å²) in [6, 6.07) is 15.6. The van der Waals surface area contributed by atoms with Gasteiger partial charge in [0.1, 0.15) is 11.6 Å². The molecule has 0 aliphatic heterocycles. The molecule has 4 nitrogen and oxygen atoms in total. The minimum absolute atomic E-state index is 0.108. The van der Waals surface area contributed by atoms with Gasteiger partial charge in [-0.15, -0.1) is 0 Å². The lowest BCUT2D eigenvalue weighted by molar-refractivity contribution is -0.115. The fraction of sp³-hybridized carbons (Fsp3) is 0.111. The molecule has 0 bridgehead atoms. The molecule has 1 aromatic heterocycles. The molecule has 23 heavy (non-hydrogen) atoms. The van der Waals surface area contributed by atoms with Crippen LogP contribution in [0.3, 0.4) is 0 Å². The van der Waals surface area contributed by atoms with Crippen LogP contribution in [-0.4, -0.2) is 15.7 Å². The minimum Gasteiger partial charge on any atom is -0.310 e. The first-order chi connectivity index (χ1) is 11.1. The molecule has 0 unspecified atom stereocenters. The van der Waals surface area contributed by atoms with Crippen LogP contribution >= 0.6 is 0 Å². The van der Waals surface area contributed by atoms with Crippen LogP contribution < -0.4 is 5.32 Å². The van der Waals surface area contributed by atoms with Crippen molar-refractivity contribution >= 4 is 11.7 Å². The molecule has 1 heterocycles. The second-order valence-corrected chi connectivity index (χ2v) is 5.28. The molecular formula is C18H16FN3O. The van der Waals surface area contributed by atoms with Gasteiger partial charge in [0.15, 0.2) is 0 Å². The third-order valence-electron chi connectivity index (χ3n) is 3.46. The number of nitrogens with zero attached hydrogens (tertiary/aromatic N) is 2. The number of amides is 1. The molecule has 2 aromatic carbocycles. The van der Waals surface area contributed by atoms with Crippen LogP contribution in [0.5, 0.6) is 0 Å². The van der Waals surface area contributed by atoms with Crippen molar-refractivity contribution in [1.82, 2.24) is 9.78 Å². The van der Waals surface area contributed by atoms with Gasteiger partial charge in [-0.25, -0.2) is 9.07 Å². The summed E-state index contributed by atoms with van der Waals surface area (Å²) in [5.41, 5.74) is 2.36. The number of hydrogen-bond acceptors (Lipinski definition) is 2. The lowest BCUT2D eigenvalue weighted by Crippen LogP contribution is -2.17. The Morgan fingerprint density at radius 1 is 1.17 bits per heavy atom. The molecule has 0 saturated heterocycles. The Morgan fingerprint density at radius 3 is 2.70 bits per heavy atom. The highest BCUT2D eigenvalue weighted by molar-refractivity contribution is 5.92. The lowest BCUT2D eigenvalue weighted by Gasteiger charge is -2.10. The van der Waals surface area contributed by atoms with Gasteiger partial charge in [0.25, 0.3) is 0 Å². The van der Waals surface area contributed by atoms with E-state index >= 15 is 0 Å². The number of carbonyl (C=O) groups excluding carboxylic acids is 1. The number of rotatable bonds is 4. The van der Waals surface area contributed by atoms with Crippen molar-refractivity contribution < 1.29 is 9.18 Å². The Labute approximate surface area is 133 Å². The van der Waals surface area contributed by atoms with E-state index in [0.717, 1.165) is 11.3 Å². The molecule has 116 valence electrons. The molecule has 5 heteroatoms. The van der Waals surface area contributed by atoms with Gasteiger partial charge in [-0.1, -0.05) is 30.3 Å². The van der Waals surface area contributed by atoms with E-state index in [4.69, 9.17) is 0 Å². The van der Waals surface area contributed by atoms with Crippen LogP contribution in [0.15, 0.2) is 60.8 Å². The Balaban J connectivity index is 1.80. The number of nitrogens with one attached hydrogen (secondary N) is 1. The largest absolute Gasteiger partial charge is 0.310 e. The zero-order chi connectivity index (χ0) is 16.2. The number of para-hydroxylation sites is 1. The van der Waals surface area contributed by atoms with Crippen molar-refractivity contribution in [3.8, 4) is 5.69 Å². The topological polar surface area (TPSA) is 46.9 Å². The van der Waals surface area contributed by atoms with Crippen molar-refractivity contribution in [3.63, 3.8) is 0 Å². The van der Waals surface area contributed by atoms with E-state index < -0.39 is 0 Å². The highest BCUT2D eigenvalue weighted by Gasteiger charge is 2.13. The highest BCUT2D eigenvalue weighted by Crippen LogP contribution is 2.19. The maximum Gasteiger partial charge on any atom is 0.229 e. The van der Waals surface area contributed by atoms with Gasteiger partial charge in [-0.05, 0) is 36.8 Å². The summed E-state index contributed by atoms with van der Waals surface area (Å²) in [6.45, 7) is 1.88. The first-order valence-corrected chi connectivity index (χ1v) is 7.28. The van der Waals surface area contributed by atoms with Gasteiger partial charge in [0.2, 0.25) is 5.91 Å². The molecule has 0 saturated carbocycles. The Hall–Kier alpha value is -2.95. The second kappa shape index (κ2) is 6.44. The number of aromatic nitrogens is 2. The predicted molar refractivity (Wildman–Crippen MR) is 87.0 cm³/mol. The number of carbonyl (C=O) groups is 1. The van der Waals surface area contributed by atoms with Crippen LogP contribution in [-0.2, 0) is 11.2 Å². The van der Waals surface area contributed by atoms with Gasteiger partial charge in [-0.3, -0.25) is 4.79 Å². The monoisotopic (exact) mass is 309 g/mol. The maximum absolute atomic E-state index is 13.2. The zero-order valence-corrected chi connectivity index (χ0v) is 12.7. The van der Waals surface area contributed by atoms with E-state index in [0.29, 0.717) is 11.4 Å². The average Bonchev–Trinajstić information content (AvgIpc) is 2.89. The van der Waals surface area contributed by atoms with Crippen LogP contribution in [0.25, 0.3) is 5.69 Å². The minimum atomic E-state index is -0.346. The molecule has 0 fully saturated rings. The van der Waals surface area contributed by atoms with Crippen molar-refractivity contribution in [1.29, 1.82) is 0 Å². The number of hydrogen-bond donors (Lipinski definition) is 1. The van der Waals surface area contributed by atoms with Crippen molar-refractivity contribution in [2.75, 3.05) is 5.32 Å². The van der Waals surface area contributed by atoms with Crippen LogP contribution in [0, 0.1) is 12.7 Å². The first-order valence-electron chi connectivity index (χ1n) is 7.28. The van der Waals surface area contributed by atoms with Crippen LogP contribution in [0.4, 0.5) is 10.2 Å². The summed E-state index contributed by atoms with van der Waals surface area (Å²) in [4.78, 5) is 12.3. The molecule has 1 amide bonds. The van der Waals surface area contributed by atoms with Gasteiger partial charge in [0, 0.05) is 5.56 Å². The zero-order valence-electron chi connectivity index (χ0n) is 12.7. The highest BCUT2D eigenvalue weighted by atomic mass is 19.1. The number of aryl methyl sites for hydroxylation is 1. The van der Waals surface area contributed by atoms with Crippen molar-refractivity contribution in [3.05, 3.63) is 77.7 Å². The molecule has 0 aliphatic carbocycles. The summed E-state index contributed by atoms with van der Waals surface area (Å²) >= 11 is 0. The quantitative estimate of drug-likeness (QED) is 0.802. The molecule has 3 rings (SSSR count). The fourth-order valence-electron chi connectivity index (χ4n) is 2.36. The molecule has 0 spiro atoms. The summed E-state index contributed by atoms with van der Waals surface area (Å²) in [7, 11) is 0. The smallest absolute Gasteiger partial charge is 0.229 e. The van der Waals surface area contributed by atoms with E-state index in [1.54, 1.807) is 23.0 Å². The van der Waals surface area contributed by atoms with Crippen molar-refractivity contribution in [2.45, 2.75) is 13.3 Å². The Kier molecular flexibility index (Phi) is 4.19. The summed E-state index contributed by atoms with van der Waals surface area (Å²) in [5.74, 6) is 0.0646. The van der Waals surface area contributed by atoms with Gasteiger partial charge in [-0.2, -0.15) is 5.10 Å². The number of anilines is 1. The second-order valence-electron chi connectivity index (χ2n) is 5.28. The summed E-state index contributed by atoms with van der Waals surface area (Å²) in [5, 5.41) is 7.17. The maximum atomic E-state index is 13.2. The van der Waals surface area contributed by atoms with E-state index in [-0.39, 0.29) is 18.1 Å². The van der Waals surface area contributed by atoms with E-state index in [1.807, 2.05) is 37.3 Å². The fourth-order valence-corrected chi connectivity index (χ4v) is 2.36. The molecule has 0 atom stereocenters. The number of benzene rings is 2. The molecular weight excluding hydrogens is 293 g/mol. The lowest BCUT2D eigenvalue weighted by atomic mass is 10.1. The predicted octanol–water partition coefficient (Wildman–Crippen LogP) is 3.50. The van der Waals surface area contributed by atoms with Crippen LogP contribution in [0.1, 0.15) is 11.1 Å². The Bertz CT molecular complexity index is 827. The third-order valence-corrected chi connectivity index (χ3v) is 3.46.